The Labute approximate surface area is 211 Å². The van der Waals surface area contributed by atoms with Crippen molar-refractivity contribution in [2.24, 2.45) is 0 Å². The molecule has 0 bridgehead atoms. The molecule has 2 aliphatic rings. The summed E-state index contributed by atoms with van der Waals surface area (Å²) in [6.07, 6.45) is 2.40. The number of alkyl halides is 1. The molecular weight excluding hydrogens is 485 g/mol. The summed E-state index contributed by atoms with van der Waals surface area (Å²) in [7, 11) is 0. The van der Waals surface area contributed by atoms with Crippen LogP contribution in [0.15, 0.2) is 29.1 Å². The summed E-state index contributed by atoms with van der Waals surface area (Å²) in [4.78, 5) is 37.1. The number of carbonyl (C=O) groups excluding carboxylic acids is 1. The number of nitrogens with one attached hydrogen (secondary N) is 2. The highest BCUT2D eigenvalue weighted by molar-refractivity contribution is 5.91. The minimum absolute atomic E-state index is 0.00162. The SMILES string of the molecule is CCc1nc2cc(F)c(CN3CCC(F)(c4ccc(C(=O)NN5CCCC5)nc4F)CC3)cc2[nH]c1=O. The lowest BCUT2D eigenvalue weighted by atomic mass is 9.86. The summed E-state index contributed by atoms with van der Waals surface area (Å²) in [6.45, 7) is 4.02. The Kier molecular flexibility index (Phi) is 7.00. The molecule has 2 fully saturated rings. The highest BCUT2D eigenvalue weighted by atomic mass is 19.2. The second-order valence-corrected chi connectivity index (χ2v) is 9.74. The molecule has 2 aromatic heterocycles. The van der Waals surface area contributed by atoms with Crippen LogP contribution in [0.4, 0.5) is 13.2 Å². The van der Waals surface area contributed by atoms with Crippen LogP contribution in [0.5, 0.6) is 0 Å². The van der Waals surface area contributed by atoms with Gasteiger partial charge in [-0.15, -0.1) is 0 Å². The van der Waals surface area contributed by atoms with E-state index in [0.29, 0.717) is 28.7 Å². The Morgan fingerprint density at radius 2 is 1.84 bits per heavy atom. The standard InChI is InChI=1S/C26H29F3N6O2/c1-2-19-24(36)32-21-13-16(18(27)14-22(21)30-19)15-34-11-7-26(29,8-12-34)17-5-6-20(31-23(17)28)25(37)33-35-9-3-4-10-35/h5-6,13-14H,2-4,7-12,15H2,1H3,(H,32,36)(H,33,37). The van der Waals surface area contributed by atoms with Crippen molar-refractivity contribution in [3.8, 4) is 0 Å². The van der Waals surface area contributed by atoms with Crippen LogP contribution in [0.3, 0.4) is 0 Å². The normalized spacial score (nSPS) is 18.4. The van der Waals surface area contributed by atoms with Crippen molar-refractivity contribution in [2.45, 2.75) is 51.2 Å². The fourth-order valence-corrected chi connectivity index (χ4v) is 5.05. The van der Waals surface area contributed by atoms with E-state index in [-0.39, 0.29) is 49.3 Å². The van der Waals surface area contributed by atoms with Gasteiger partial charge in [-0.25, -0.2) is 23.8 Å². The van der Waals surface area contributed by atoms with Crippen molar-refractivity contribution in [1.82, 2.24) is 30.3 Å². The smallest absolute Gasteiger partial charge is 0.284 e. The number of hydrogen-bond acceptors (Lipinski definition) is 6. The van der Waals surface area contributed by atoms with Crippen molar-refractivity contribution in [3.63, 3.8) is 0 Å². The first-order valence-electron chi connectivity index (χ1n) is 12.6. The minimum Gasteiger partial charge on any atom is -0.319 e. The predicted molar refractivity (Wildman–Crippen MR) is 131 cm³/mol. The molecule has 3 aromatic rings. The summed E-state index contributed by atoms with van der Waals surface area (Å²) in [5.74, 6) is -1.97. The Balaban J connectivity index is 1.25. The van der Waals surface area contributed by atoms with Crippen LogP contribution in [0.2, 0.25) is 0 Å². The third kappa shape index (κ3) is 5.24. The monoisotopic (exact) mass is 514 g/mol. The van der Waals surface area contributed by atoms with E-state index in [1.807, 2.05) is 4.90 Å². The maximum absolute atomic E-state index is 15.8. The Morgan fingerprint density at radius 3 is 2.51 bits per heavy atom. The number of pyridine rings is 1. The lowest BCUT2D eigenvalue weighted by Crippen LogP contribution is -2.41. The summed E-state index contributed by atoms with van der Waals surface area (Å²) < 4.78 is 45.4. The minimum atomic E-state index is -1.94. The molecule has 2 N–H and O–H groups in total. The number of aromatic nitrogens is 3. The first-order valence-corrected chi connectivity index (χ1v) is 12.6. The lowest BCUT2D eigenvalue weighted by Gasteiger charge is -2.36. The van der Waals surface area contributed by atoms with Crippen molar-refractivity contribution in [1.29, 1.82) is 0 Å². The van der Waals surface area contributed by atoms with Crippen LogP contribution in [-0.2, 0) is 18.6 Å². The number of carbonyl (C=O) groups is 1. The van der Waals surface area contributed by atoms with Gasteiger partial charge >= 0.3 is 0 Å². The maximum atomic E-state index is 15.8. The van der Waals surface area contributed by atoms with E-state index in [2.05, 4.69) is 20.4 Å². The number of nitrogens with zero attached hydrogens (tertiary/aromatic N) is 4. The van der Waals surface area contributed by atoms with E-state index in [4.69, 9.17) is 0 Å². The average molecular weight is 515 g/mol. The molecule has 2 aliphatic heterocycles. The van der Waals surface area contributed by atoms with Gasteiger partial charge in [-0.05, 0) is 50.3 Å². The van der Waals surface area contributed by atoms with Gasteiger partial charge in [-0.3, -0.25) is 19.9 Å². The number of fused-ring (bicyclic) bond motifs is 1. The molecule has 11 heteroatoms. The second kappa shape index (κ2) is 10.2. The van der Waals surface area contributed by atoms with Gasteiger partial charge in [-0.1, -0.05) is 6.92 Å². The van der Waals surface area contributed by atoms with E-state index >= 15 is 4.39 Å². The molecule has 5 rings (SSSR count). The molecule has 37 heavy (non-hydrogen) atoms. The van der Waals surface area contributed by atoms with Gasteiger partial charge in [0.1, 0.15) is 22.9 Å². The Morgan fingerprint density at radius 1 is 1.11 bits per heavy atom. The molecule has 0 aliphatic carbocycles. The number of aromatic amines is 1. The highest BCUT2D eigenvalue weighted by Gasteiger charge is 2.39. The van der Waals surface area contributed by atoms with Gasteiger partial charge < -0.3 is 4.98 Å². The zero-order chi connectivity index (χ0) is 26.2. The van der Waals surface area contributed by atoms with Gasteiger partial charge in [0.15, 0.2) is 0 Å². The zero-order valence-electron chi connectivity index (χ0n) is 20.6. The predicted octanol–water partition coefficient (Wildman–Crippen LogP) is 3.36. The van der Waals surface area contributed by atoms with E-state index in [1.165, 1.54) is 18.2 Å². The average Bonchev–Trinajstić information content (AvgIpc) is 3.39. The zero-order valence-corrected chi connectivity index (χ0v) is 20.6. The van der Waals surface area contributed by atoms with Crippen molar-refractivity contribution >= 4 is 16.9 Å². The molecule has 2 saturated heterocycles. The lowest BCUT2D eigenvalue weighted by molar-refractivity contribution is 0.0484. The number of H-pyrrole nitrogens is 1. The van der Waals surface area contributed by atoms with E-state index in [9.17, 15) is 18.4 Å². The first-order chi connectivity index (χ1) is 17.8. The fourth-order valence-electron chi connectivity index (χ4n) is 5.05. The van der Waals surface area contributed by atoms with E-state index < -0.39 is 23.3 Å². The third-order valence-corrected chi connectivity index (χ3v) is 7.24. The number of halogens is 3. The number of piperidine rings is 1. The second-order valence-electron chi connectivity index (χ2n) is 9.74. The maximum Gasteiger partial charge on any atom is 0.284 e. The van der Waals surface area contributed by atoms with Crippen LogP contribution in [0.25, 0.3) is 11.0 Å². The Bertz CT molecular complexity index is 1380. The number of benzene rings is 1. The van der Waals surface area contributed by atoms with Crippen LogP contribution >= 0.6 is 0 Å². The first kappa shape index (κ1) is 25.3. The van der Waals surface area contributed by atoms with Crippen molar-refractivity contribution < 1.29 is 18.0 Å². The quantitative estimate of drug-likeness (QED) is 0.490. The Hall–Kier alpha value is -3.31. The molecule has 0 radical (unpaired) electrons. The molecule has 0 atom stereocenters. The molecule has 0 saturated carbocycles. The summed E-state index contributed by atoms with van der Waals surface area (Å²) in [5.41, 5.74) is 1.71. The molecule has 196 valence electrons. The number of rotatable bonds is 6. The molecule has 0 spiro atoms. The number of hydrazine groups is 1. The number of hydrogen-bond donors (Lipinski definition) is 2. The number of amides is 1. The van der Waals surface area contributed by atoms with E-state index in [1.54, 1.807) is 18.0 Å². The molecule has 8 nitrogen and oxygen atoms in total. The van der Waals surface area contributed by atoms with Gasteiger partial charge in [0.05, 0.1) is 11.0 Å². The number of likely N-dealkylation sites (tertiary alicyclic amines) is 1. The van der Waals surface area contributed by atoms with Gasteiger partial charge in [0.25, 0.3) is 11.5 Å². The molecule has 0 unspecified atom stereocenters. The summed E-state index contributed by atoms with van der Waals surface area (Å²) in [6, 6.07) is 5.51. The van der Waals surface area contributed by atoms with Crippen LogP contribution in [0, 0.1) is 11.8 Å². The fraction of sp³-hybridized carbons (Fsp3) is 0.462. The van der Waals surface area contributed by atoms with Gasteiger partial charge in [0, 0.05) is 49.9 Å². The summed E-state index contributed by atoms with van der Waals surface area (Å²) in [5, 5.41) is 1.76. The third-order valence-electron chi connectivity index (χ3n) is 7.24. The van der Waals surface area contributed by atoms with Crippen molar-refractivity contribution in [2.75, 3.05) is 26.2 Å². The van der Waals surface area contributed by atoms with Crippen LogP contribution < -0.4 is 11.0 Å². The summed E-state index contributed by atoms with van der Waals surface area (Å²) >= 11 is 0. The van der Waals surface area contributed by atoms with Crippen LogP contribution in [-0.4, -0.2) is 56.9 Å². The largest absolute Gasteiger partial charge is 0.319 e. The highest BCUT2D eigenvalue weighted by Crippen LogP contribution is 2.38. The number of aryl methyl sites for hydroxylation is 1. The van der Waals surface area contributed by atoms with E-state index in [0.717, 1.165) is 25.9 Å². The molecular formula is C26H29F3N6O2. The van der Waals surface area contributed by atoms with Gasteiger partial charge in [-0.2, -0.15) is 4.39 Å². The van der Waals surface area contributed by atoms with Crippen LogP contribution in [0.1, 0.15) is 59.9 Å². The van der Waals surface area contributed by atoms with Gasteiger partial charge in [0.2, 0.25) is 5.95 Å². The topological polar surface area (TPSA) is 94.2 Å². The van der Waals surface area contributed by atoms with Crippen molar-refractivity contribution in [3.05, 3.63) is 68.9 Å². The molecule has 1 amide bonds. The molecule has 1 aromatic carbocycles. The molecule has 4 heterocycles.